The highest BCUT2D eigenvalue weighted by Gasteiger charge is 2.21. The van der Waals surface area contributed by atoms with Crippen molar-refractivity contribution in [1.29, 1.82) is 0 Å². The maximum absolute atomic E-state index is 13.5. The molecule has 0 aliphatic heterocycles. The van der Waals surface area contributed by atoms with Gasteiger partial charge >= 0.3 is 5.97 Å². The monoisotopic (exact) mass is 398 g/mol. The lowest BCUT2D eigenvalue weighted by Crippen LogP contribution is -2.04. The molecule has 0 unspecified atom stereocenters. The summed E-state index contributed by atoms with van der Waals surface area (Å²) in [5, 5.41) is 4.82. The Balaban J connectivity index is 1.94. The molecule has 0 aliphatic carbocycles. The number of hydrogen-bond acceptors (Lipinski definition) is 4. The first-order valence-corrected chi connectivity index (χ1v) is 8.83. The van der Waals surface area contributed by atoms with E-state index in [1.165, 1.54) is 19.2 Å². The van der Waals surface area contributed by atoms with Crippen LogP contribution in [-0.2, 0) is 11.8 Å². The van der Waals surface area contributed by atoms with Crippen molar-refractivity contribution in [3.8, 4) is 16.9 Å². The molecule has 6 nitrogen and oxygen atoms in total. The fourth-order valence-corrected chi connectivity index (χ4v) is 3.62. The van der Waals surface area contributed by atoms with Crippen molar-refractivity contribution >= 4 is 28.6 Å². The Labute approximate surface area is 165 Å². The third-order valence-corrected chi connectivity index (χ3v) is 4.90. The second-order valence-corrected chi connectivity index (χ2v) is 6.75. The molecule has 0 N–H and O–H groups in total. The molecule has 0 fully saturated rings. The number of ether oxygens (including phenoxy) is 1. The maximum atomic E-state index is 13.5. The lowest BCUT2D eigenvalue weighted by atomic mass is 10.1. The van der Waals surface area contributed by atoms with Crippen molar-refractivity contribution < 1.29 is 13.9 Å². The van der Waals surface area contributed by atoms with Gasteiger partial charge in [0.15, 0.2) is 0 Å². The molecular formula is C20H16ClFN4O2. The normalized spacial score (nSPS) is 11.2. The first kappa shape index (κ1) is 18.2. The maximum Gasteiger partial charge on any atom is 0.337 e. The summed E-state index contributed by atoms with van der Waals surface area (Å²) in [4.78, 5) is 16.2. The first-order chi connectivity index (χ1) is 13.4. The molecule has 0 atom stereocenters. The summed E-state index contributed by atoms with van der Waals surface area (Å²) >= 11 is 6.32. The molecule has 0 saturated carbocycles. The molecule has 2 aromatic heterocycles. The predicted octanol–water partition coefficient (Wildman–Crippen LogP) is 4.31. The Hall–Kier alpha value is -3.19. The van der Waals surface area contributed by atoms with Crippen LogP contribution in [0, 0.1) is 12.7 Å². The van der Waals surface area contributed by atoms with Crippen LogP contribution >= 0.6 is 11.6 Å². The molecule has 28 heavy (non-hydrogen) atoms. The van der Waals surface area contributed by atoms with E-state index < -0.39 is 11.8 Å². The zero-order valence-corrected chi connectivity index (χ0v) is 16.2. The van der Waals surface area contributed by atoms with E-state index in [0.29, 0.717) is 21.7 Å². The molecule has 8 heteroatoms. The molecule has 0 spiro atoms. The number of rotatable bonds is 3. The van der Waals surface area contributed by atoms with Crippen molar-refractivity contribution in [2.45, 2.75) is 6.92 Å². The van der Waals surface area contributed by atoms with Gasteiger partial charge < -0.3 is 4.74 Å². The van der Waals surface area contributed by atoms with Crippen molar-refractivity contribution in [3.05, 3.63) is 64.8 Å². The van der Waals surface area contributed by atoms with Crippen LogP contribution in [0.3, 0.4) is 0 Å². The van der Waals surface area contributed by atoms with Crippen LogP contribution in [0.1, 0.15) is 16.1 Å². The molecular weight excluding hydrogens is 383 g/mol. The quantitative estimate of drug-likeness (QED) is 0.482. The number of benzene rings is 2. The van der Waals surface area contributed by atoms with Gasteiger partial charge in [-0.25, -0.2) is 14.2 Å². The van der Waals surface area contributed by atoms with Crippen LogP contribution in [0.25, 0.3) is 28.0 Å². The number of hydrogen-bond donors (Lipinski definition) is 0. The largest absolute Gasteiger partial charge is 0.465 e. The molecule has 2 heterocycles. The van der Waals surface area contributed by atoms with E-state index in [2.05, 4.69) is 10.1 Å². The van der Waals surface area contributed by atoms with Gasteiger partial charge in [-0.1, -0.05) is 11.6 Å². The van der Waals surface area contributed by atoms with E-state index in [0.717, 1.165) is 22.6 Å². The van der Waals surface area contributed by atoms with Crippen LogP contribution < -0.4 is 0 Å². The lowest BCUT2D eigenvalue weighted by Gasteiger charge is -2.11. The second kappa shape index (κ2) is 6.76. The minimum absolute atomic E-state index is 0.301. The Kier molecular flexibility index (Phi) is 4.39. The number of carbonyl (C=O) groups is 1. The molecule has 0 saturated heterocycles. The second-order valence-electron chi connectivity index (χ2n) is 6.34. The van der Waals surface area contributed by atoms with Gasteiger partial charge in [-0.2, -0.15) is 5.10 Å². The summed E-state index contributed by atoms with van der Waals surface area (Å²) in [5.74, 6) is -0.0915. The first-order valence-electron chi connectivity index (χ1n) is 8.45. The van der Waals surface area contributed by atoms with E-state index in [4.69, 9.17) is 16.3 Å². The number of imidazole rings is 1. The van der Waals surface area contributed by atoms with Gasteiger partial charge in [0.25, 0.3) is 0 Å². The predicted molar refractivity (Wildman–Crippen MR) is 104 cm³/mol. The van der Waals surface area contributed by atoms with Gasteiger partial charge in [-0.3, -0.25) is 9.25 Å². The highest BCUT2D eigenvalue weighted by molar-refractivity contribution is 6.33. The highest BCUT2D eigenvalue weighted by Crippen LogP contribution is 2.36. The summed E-state index contributed by atoms with van der Waals surface area (Å²) < 4.78 is 21.9. The molecule has 0 aliphatic rings. The van der Waals surface area contributed by atoms with E-state index in [-0.39, 0.29) is 0 Å². The van der Waals surface area contributed by atoms with E-state index in [9.17, 15) is 9.18 Å². The molecule has 0 bridgehead atoms. The van der Waals surface area contributed by atoms with Gasteiger partial charge in [0.05, 0.1) is 34.4 Å². The summed E-state index contributed by atoms with van der Waals surface area (Å²) in [7, 11) is 3.15. The van der Waals surface area contributed by atoms with Crippen LogP contribution in [0.4, 0.5) is 4.39 Å². The summed E-state index contributed by atoms with van der Waals surface area (Å²) in [6.45, 7) is 1.87. The smallest absolute Gasteiger partial charge is 0.337 e. The minimum Gasteiger partial charge on any atom is -0.465 e. The average molecular weight is 399 g/mol. The van der Waals surface area contributed by atoms with Crippen LogP contribution in [0.15, 0.2) is 42.7 Å². The molecule has 4 rings (SSSR count). The number of aryl methyl sites for hydroxylation is 2. The molecule has 4 aromatic rings. The number of esters is 1. The summed E-state index contributed by atoms with van der Waals surface area (Å²) in [5.41, 5.74) is 4.05. The van der Waals surface area contributed by atoms with E-state index in [1.54, 1.807) is 35.3 Å². The van der Waals surface area contributed by atoms with Crippen molar-refractivity contribution in [3.63, 3.8) is 0 Å². The fourth-order valence-electron chi connectivity index (χ4n) is 3.36. The standard InChI is InChI=1S/C20H16ClFN4O2/c1-11-18(14-6-5-13(22)9-15(14)21)19(25(2)24-11)26-10-23-16-8-12(20(27)28-3)4-7-17(16)26/h4-10H,1-3H3. The number of halogens is 2. The SMILES string of the molecule is COC(=O)c1ccc2c(c1)ncn2-c1c(-c2ccc(F)cc2Cl)c(C)nn1C. The van der Waals surface area contributed by atoms with E-state index in [1.807, 2.05) is 18.5 Å². The minimum atomic E-state index is -0.424. The lowest BCUT2D eigenvalue weighted by molar-refractivity contribution is 0.0601. The van der Waals surface area contributed by atoms with Crippen molar-refractivity contribution in [1.82, 2.24) is 19.3 Å². The average Bonchev–Trinajstić information content (AvgIpc) is 3.20. The highest BCUT2D eigenvalue weighted by atomic mass is 35.5. The number of methoxy groups -OCH3 is 1. The third kappa shape index (κ3) is 2.84. The van der Waals surface area contributed by atoms with Crippen molar-refractivity contribution in [2.24, 2.45) is 7.05 Å². The third-order valence-electron chi connectivity index (χ3n) is 4.59. The van der Waals surface area contributed by atoms with Crippen LogP contribution in [-0.4, -0.2) is 32.4 Å². The van der Waals surface area contributed by atoms with Gasteiger partial charge in [0.1, 0.15) is 18.0 Å². The Bertz CT molecular complexity index is 1230. The molecule has 0 amide bonds. The number of fused-ring (bicyclic) bond motifs is 1. The number of nitrogens with zero attached hydrogens (tertiary/aromatic N) is 4. The zero-order valence-electron chi connectivity index (χ0n) is 15.4. The Morgan fingerprint density at radius 1 is 1.21 bits per heavy atom. The molecule has 142 valence electrons. The number of carbonyl (C=O) groups excluding carboxylic acids is 1. The summed E-state index contributed by atoms with van der Waals surface area (Å²) in [6.07, 6.45) is 1.66. The van der Waals surface area contributed by atoms with Crippen LogP contribution in [0.5, 0.6) is 0 Å². The Morgan fingerprint density at radius 3 is 2.71 bits per heavy atom. The van der Waals surface area contributed by atoms with Crippen molar-refractivity contribution in [2.75, 3.05) is 7.11 Å². The van der Waals surface area contributed by atoms with Gasteiger partial charge in [0.2, 0.25) is 0 Å². The Morgan fingerprint density at radius 2 is 2.00 bits per heavy atom. The van der Waals surface area contributed by atoms with Gasteiger partial charge in [0, 0.05) is 18.2 Å². The number of aromatic nitrogens is 4. The molecule has 2 aromatic carbocycles. The van der Waals surface area contributed by atoms with Gasteiger partial charge in [-0.15, -0.1) is 0 Å². The summed E-state index contributed by atoms with van der Waals surface area (Å²) in [6, 6.07) is 9.44. The topological polar surface area (TPSA) is 61.9 Å². The van der Waals surface area contributed by atoms with Gasteiger partial charge in [-0.05, 0) is 43.3 Å². The fraction of sp³-hybridized carbons (Fsp3) is 0.150. The zero-order chi connectivity index (χ0) is 20.0. The molecule has 0 radical (unpaired) electrons. The van der Waals surface area contributed by atoms with Crippen LogP contribution in [0.2, 0.25) is 5.02 Å². The van der Waals surface area contributed by atoms with E-state index >= 15 is 0 Å².